The first kappa shape index (κ1) is 16.7. The molecular weight excluding hydrogens is 334 g/mol. The van der Waals surface area contributed by atoms with Crippen LogP contribution >= 0.6 is 11.3 Å². The maximum absolute atomic E-state index is 11.9. The average Bonchev–Trinajstić information content (AvgIpc) is 3.07. The number of carbonyl (C=O) groups is 1. The Bertz CT molecular complexity index is 906. The molecule has 0 spiro atoms. The number of para-hydroxylation sites is 1. The van der Waals surface area contributed by atoms with Crippen LogP contribution in [0, 0.1) is 11.3 Å². The van der Waals surface area contributed by atoms with Crippen LogP contribution in [0.3, 0.4) is 0 Å². The van der Waals surface area contributed by atoms with Crippen molar-refractivity contribution in [2.45, 2.75) is 6.54 Å². The Morgan fingerprint density at radius 3 is 2.80 bits per heavy atom. The number of fused-ring (bicyclic) bond motifs is 1. The van der Waals surface area contributed by atoms with Gasteiger partial charge in [-0.15, -0.1) is 11.3 Å². The van der Waals surface area contributed by atoms with Gasteiger partial charge >= 0.3 is 0 Å². The summed E-state index contributed by atoms with van der Waals surface area (Å²) in [6.07, 6.45) is 3.21. The number of benzene rings is 2. The van der Waals surface area contributed by atoms with E-state index in [9.17, 15) is 4.79 Å². The second-order valence-corrected chi connectivity index (χ2v) is 6.26. The molecule has 0 aliphatic heterocycles. The van der Waals surface area contributed by atoms with Gasteiger partial charge in [-0.05, 0) is 35.9 Å². The highest BCUT2D eigenvalue weighted by molar-refractivity contribution is 7.18. The third kappa shape index (κ3) is 4.66. The van der Waals surface area contributed by atoms with E-state index in [1.807, 2.05) is 42.5 Å². The number of hydrogen-bond donors (Lipinski definition) is 1. The zero-order valence-corrected chi connectivity index (χ0v) is 14.1. The number of hydrogen-bond acceptors (Lipinski definition) is 5. The maximum atomic E-state index is 11.9. The quantitative estimate of drug-likeness (QED) is 0.691. The second kappa shape index (κ2) is 8.08. The number of ether oxygens (including phenoxy) is 1. The molecule has 0 saturated carbocycles. The van der Waals surface area contributed by atoms with E-state index in [-0.39, 0.29) is 12.5 Å². The van der Waals surface area contributed by atoms with Crippen LogP contribution in [-0.4, -0.2) is 17.5 Å². The number of amides is 1. The van der Waals surface area contributed by atoms with Gasteiger partial charge in [0.25, 0.3) is 0 Å². The smallest absolute Gasteiger partial charge is 0.244 e. The van der Waals surface area contributed by atoms with Gasteiger partial charge in [0.15, 0.2) is 6.61 Å². The van der Waals surface area contributed by atoms with Crippen molar-refractivity contribution in [1.82, 2.24) is 10.3 Å². The fourth-order valence-corrected chi connectivity index (χ4v) is 3.09. The molecule has 0 fully saturated rings. The van der Waals surface area contributed by atoms with Crippen LogP contribution < -0.4 is 10.1 Å². The Kier molecular flexibility index (Phi) is 5.39. The number of nitrogens with zero attached hydrogens (tertiary/aromatic N) is 2. The van der Waals surface area contributed by atoms with Crippen LogP contribution in [0.4, 0.5) is 0 Å². The van der Waals surface area contributed by atoms with Crippen molar-refractivity contribution in [3.63, 3.8) is 0 Å². The number of nitriles is 1. The van der Waals surface area contributed by atoms with Crippen LogP contribution in [-0.2, 0) is 11.3 Å². The first-order chi connectivity index (χ1) is 12.2. The zero-order valence-electron chi connectivity index (χ0n) is 13.3. The largest absolute Gasteiger partial charge is 0.479 e. The molecule has 0 unspecified atom stereocenters. The minimum absolute atomic E-state index is 0.0172. The van der Waals surface area contributed by atoms with E-state index in [4.69, 9.17) is 10.00 Å². The van der Waals surface area contributed by atoms with E-state index in [0.717, 1.165) is 20.8 Å². The Hall–Kier alpha value is -3.17. The minimum Gasteiger partial charge on any atom is -0.479 e. The molecule has 0 aliphatic rings. The topological polar surface area (TPSA) is 75.0 Å². The first-order valence-electron chi connectivity index (χ1n) is 7.65. The SMILES string of the molecule is N#CCOc1ccc(/C=C/C(=O)NCc2nc3ccccc3s2)cc1. The maximum Gasteiger partial charge on any atom is 0.244 e. The summed E-state index contributed by atoms with van der Waals surface area (Å²) in [7, 11) is 0. The molecule has 1 amide bonds. The molecular formula is C19H15N3O2S. The predicted molar refractivity (Wildman–Crippen MR) is 98.1 cm³/mol. The molecule has 1 aromatic heterocycles. The van der Waals surface area contributed by atoms with Gasteiger partial charge in [-0.3, -0.25) is 4.79 Å². The highest BCUT2D eigenvalue weighted by atomic mass is 32.1. The zero-order chi connectivity index (χ0) is 17.5. The molecule has 0 saturated heterocycles. The summed E-state index contributed by atoms with van der Waals surface area (Å²) in [5.74, 6) is 0.447. The van der Waals surface area contributed by atoms with E-state index in [1.54, 1.807) is 29.5 Å². The van der Waals surface area contributed by atoms with Crippen molar-refractivity contribution < 1.29 is 9.53 Å². The first-order valence-corrected chi connectivity index (χ1v) is 8.46. The van der Waals surface area contributed by atoms with Gasteiger partial charge in [0, 0.05) is 6.08 Å². The lowest BCUT2D eigenvalue weighted by molar-refractivity contribution is -0.116. The number of aromatic nitrogens is 1. The molecule has 1 heterocycles. The Morgan fingerprint density at radius 2 is 2.04 bits per heavy atom. The van der Waals surface area contributed by atoms with Crippen LogP contribution in [0.15, 0.2) is 54.6 Å². The lowest BCUT2D eigenvalue weighted by atomic mass is 10.2. The van der Waals surface area contributed by atoms with Crippen molar-refractivity contribution in [2.75, 3.05) is 6.61 Å². The van der Waals surface area contributed by atoms with Crippen molar-refractivity contribution in [1.29, 1.82) is 5.26 Å². The molecule has 0 radical (unpaired) electrons. The lowest BCUT2D eigenvalue weighted by Crippen LogP contribution is -2.19. The summed E-state index contributed by atoms with van der Waals surface area (Å²) in [6, 6.07) is 17.0. The van der Waals surface area contributed by atoms with Crippen molar-refractivity contribution >= 4 is 33.5 Å². The summed E-state index contributed by atoms with van der Waals surface area (Å²) in [4.78, 5) is 16.4. The van der Waals surface area contributed by atoms with Crippen molar-refractivity contribution in [3.05, 3.63) is 65.2 Å². The molecule has 1 N–H and O–H groups in total. The molecule has 0 atom stereocenters. The molecule has 124 valence electrons. The van der Waals surface area contributed by atoms with Gasteiger partial charge in [-0.2, -0.15) is 5.26 Å². The van der Waals surface area contributed by atoms with Crippen molar-refractivity contribution in [3.8, 4) is 11.8 Å². The fraction of sp³-hybridized carbons (Fsp3) is 0.105. The summed E-state index contributed by atoms with van der Waals surface area (Å²) >= 11 is 1.58. The van der Waals surface area contributed by atoms with Crippen LogP contribution in [0.5, 0.6) is 5.75 Å². The van der Waals surface area contributed by atoms with Crippen LogP contribution in [0.2, 0.25) is 0 Å². The van der Waals surface area contributed by atoms with Gasteiger partial charge < -0.3 is 10.1 Å². The van der Waals surface area contributed by atoms with Crippen molar-refractivity contribution in [2.24, 2.45) is 0 Å². The van der Waals surface area contributed by atoms with Crippen LogP contribution in [0.25, 0.3) is 16.3 Å². The summed E-state index contributed by atoms with van der Waals surface area (Å²) < 4.78 is 6.29. The van der Waals surface area contributed by atoms with E-state index in [1.165, 1.54) is 6.08 Å². The monoisotopic (exact) mass is 349 g/mol. The van der Waals surface area contributed by atoms with Crippen LogP contribution in [0.1, 0.15) is 10.6 Å². The van der Waals surface area contributed by atoms with E-state index >= 15 is 0 Å². The number of rotatable bonds is 6. The minimum atomic E-state index is -0.177. The predicted octanol–water partition coefficient (Wildman–Crippen LogP) is 3.53. The van der Waals surface area contributed by atoms with Gasteiger partial charge in [0.05, 0.1) is 16.8 Å². The molecule has 5 nitrogen and oxygen atoms in total. The third-order valence-corrected chi connectivity index (χ3v) is 4.40. The molecule has 0 aliphatic carbocycles. The number of thiazole rings is 1. The molecule has 2 aromatic carbocycles. The van der Waals surface area contributed by atoms with Gasteiger partial charge in [-0.25, -0.2) is 4.98 Å². The molecule has 3 rings (SSSR count). The highest BCUT2D eigenvalue weighted by Gasteiger charge is 2.04. The van der Waals surface area contributed by atoms with E-state index < -0.39 is 0 Å². The van der Waals surface area contributed by atoms with Gasteiger partial charge in [0.2, 0.25) is 5.91 Å². The Balaban J connectivity index is 1.53. The summed E-state index contributed by atoms with van der Waals surface area (Å²) in [6.45, 7) is 0.423. The molecule has 3 aromatic rings. The molecule has 25 heavy (non-hydrogen) atoms. The number of nitrogens with one attached hydrogen (secondary N) is 1. The normalized spacial score (nSPS) is 10.7. The highest BCUT2D eigenvalue weighted by Crippen LogP contribution is 2.21. The fourth-order valence-electron chi connectivity index (χ4n) is 2.18. The standard InChI is InChI=1S/C19H15N3O2S/c20-11-12-24-15-8-5-14(6-9-15)7-10-18(23)21-13-19-22-16-3-1-2-4-17(16)25-19/h1-10H,12-13H2,(H,21,23)/b10-7+. The Morgan fingerprint density at radius 1 is 1.24 bits per heavy atom. The van der Waals surface area contributed by atoms with E-state index in [0.29, 0.717) is 12.3 Å². The Labute approximate surface area is 149 Å². The molecule has 6 heteroatoms. The van der Waals surface area contributed by atoms with Gasteiger partial charge in [0.1, 0.15) is 16.8 Å². The average molecular weight is 349 g/mol. The second-order valence-electron chi connectivity index (χ2n) is 5.14. The summed E-state index contributed by atoms with van der Waals surface area (Å²) in [5, 5.41) is 12.2. The number of carbonyl (C=O) groups excluding carboxylic acids is 1. The van der Waals surface area contributed by atoms with E-state index in [2.05, 4.69) is 10.3 Å². The van der Waals surface area contributed by atoms with Gasteiger partial charge in [-0.1, -0.05) is 24.3 Å². The summed E-state index contributed by atoms with van der Waals surface area (Å²) in [5.41, 5.74) is 1.82. The molecule has 0 bridgehead atoms. The third-order valence-electron chi connectivity index (χ3n) is 3.36. The lowest BCUT2D eigenvalue weighted by Gasteiger charge is -2.01.